The summed E-state index contributed by atoms with van der Waals surface area (Å²) in [6.45, 7) is 0. The molecular formula is C16H10N4O3. The van der Waals surface area contributed by atoms with Crippen LogP contribution >= 0.6 is 0 Å². The average Bonchev–Trinajstić information content (AvgIpc) is 2.58. The summed E-state index contributed by atoms with van der Waals surface area (Å²) >= 11 is 0. The Morgan fingerprint density at radius 1 is 0.696 bits per heavy atom. The second kappa shape index (κ2) is 7.38. The molecule has 2 aromatic rings. The van der Waals surface area contributed by atoms with E-state index in [0.29, 0.717) is 0 Å². The summed E-state index contributed by atoms with van der Waals surface area (Å²) < 4.78 is 4.61. The zero-order chi connectivity index (χ0) is 16.7. The fourth-order valence-corrected chi connectivity index (χ4v) is 1.81. The van der Waals surface area contributed by atoms with Crippen LogP contribution in [-0.2, 0) is 14.3 Å². The summed E-state index contributed by atoms with van der Waals surface area (Å²) in [4.78, 5) is 29.6. The van der Waals surface area contributed by atoms with Crippen molar-refractivity contribution < 1.29 is 23.9 Å². The maximum absolute atomic E-state index is 12.0. The van der Waals surface area contributed by atoms with Crippen LogP contribution in [0.3, 0.4) is 0 Å². The Hall–Kier alpha value is -3.66. The molecule has 2 rings (SSSR count). The third-order valence-electron chi connectivity index (χ3n) is 2.87. The first kappa shape index (κ1) is 15.7. The monoisotopic (exact) mass is 306 g/mol. The van der Waals surface area contributed by atoms with Crippen LogP contribution in [0.4, 0.5) is 0 Å². The summed E-state index contributed by atoms with van der Waals surface area (Å²) in [6, 6.07) is 16.0. The molecule has 2 aromatic carbocycles. The number of rotatable bonds is 4. The normalized spacial score (nSPS) is 9.22. The molecule has 0 N–H and O–H groups in total. The molecule has 7 heteroatoms. The van der Waals surface area contributed by atoms with Crippen molar-refractivity contribution >= 4 is 23.4 Å². The van der Waals surface area contributed by atoms with E-state index in [1.54, 1.807) is 36.4 Å². The van der Waals surface area contributed by atoms with Gasteiger partial charge in [-0.3, -0.25) is 0 Å². The summed E-state index contributed by atoms with van der Waals surface area (Å²) in [5, 5.41) is 0. The molecule has 0 unspecified atom stereocenters. The van der Waals surface area contributed by atoms with Crippen molar-refractivity contribution in [2.24, 2.45) is 0 Å². The molecule has 0 amide bonds. The van der Waals surface area contributed by atoms with Gasteiger partial charge in [0.2, 0.25) is 0 Å². The Labute approximate surface area is 131 Å². The standard InChI is InChI=1S/C16H10N4O3/c17-19-13(11-7-3-1-4-8-11)15(21)23-16(22)14(20-18)12-9-5-2-6-10-12/h1-10H. The molecule has 0 aliphatic heterocycles. The number of ether oxygens (including phenoxy) is 1. The minimum Gasteiger partial charge on any atom is -0.375 e. The quantitative estimate of drug-likeness (QED) is 0.280. The van der Waals surface area contributed by atoms with Crippen molar-refractivity contribution in [1.82, 2.24) is 0 Å². The molecule has 0 bridgehead atoms. The van der Waals surface area contributed by atoms with Crippen LogP contribution in [0.5, 0.6) is 0 Å². The van der Waals surface area contributed by atoms with Gasteiger partial charge in [-0.2, -0.15) is 9.58 Å². The Morgan fingerprint density at radius 2 is 1.04 bits per heavy atom. The van der Waals surface area contributed by atoms with E-state index in [2.05, 4.69) is 14.3 Å². The van der Waals surface area contributed by atoms with Gasteiger partial charge in [0.25, 0.3) is 0 Å². The number of carbonyl (C=O) groups excluding carboxylic acids is 2. The van der Waals surface area contributed by atoms with E-state index >= 15 is 0 Å². The topological polar surface area (TPSA) is 116 Å². The second-order valence-corrected chi connectivity index (χ2v) is 4.31. The Balaban J connectivity index is 2.21. The molecule has 0 aromatic heterocycles. The lowest BCUT2D eigenvalue weighted by molar-refractivity contribution is -0.154. The fourth-order valence-electron chi connectivity index (χ4n) is 1.81. The van der Waals surface area contributed by atoms with E-state index in [1.807, 2.05) is 0 Å². The fraction of sp³-hybridized carbons (Fsp3) is 0. The van der Waals surface area contributed by atoms with E-state index in [4.69, 9.17) is 11.1 Å². The van der Waals surface area contributed by atoms with Gasteiger partial charge < -0.3 is 15.8 Å². The predicted molar refractivity (Wildman–Crippen MR) is 79.4 cm³/mol. The smallest absolute Gasteiger partial charge is 0.375 e. The van der Waals surface area contributed by atoms with Crippen molar-refractivity contribution in [3.63, 3.8) is 0 Å². The summed E-state index contributed by atoms with van der Waals surface area (Å²) in [5.41, 5.74) is 17.6. The van der Waals surface area contributed by atoms with Crippen molar-refractivity contribution in [1.29, 1.82) is 0 Å². The van der Waals surface area contributed by atoms with Crippen LogP contribution in [0.25, 0.3) is 11.1 Å². The SMILES string of the molecule is [N-]=[N+]=C(C(=O)OC(=O)C(=[N+]=[N-])c1ccccc1)c1ccccc1. The van der Waals surface area contributed by atoms with Gasteiger partial charge in [0, 0.05) is 0 Å². The molecule has 0 spiro atoms. The van der Waals surface area contributed by atoms with Crippen molar-refractivity contribution in [2.75, 3.05) is 0 Å². The van der Waals surface area contributed by atoms with Crippen LogP contribution in [0.15, 0.2) is 60.7 Å². The lowest BCUT2D eigenvalue weighted by Crippen LogP contribution is -2.28. The number of benzene rings is 2. The van der Waals surface area contributed by atoms with Gasteiger partial charge in [-0.15, -0.1) is 0 Å². The molecule has 0 aliphatic carbocycles. The van der Waals surface area contributed by atoms with Crippen LogP contribution in [0, 0.1) is 0 Å². The second-order valence-electron chi connectivity index (χ2n) is 4.31. The van der Waals surface area contributed by atoms with Gasteiger partial charge in [-0.25, -0.2) is 9.59 Å². The average molecular weight is 306 g/mol. The third-order valence-corrected chi connectivity index (χ3v) is 2.87. The van der Waals surface area contributed by atoms with E-state index in [1.165, 1.54) is 24.3 Å². The lowest BCUT2D eigenvalue weighted by Gasteiger charge is -1.98. The largest absolute Gasteiger partial charge is 0.430 e. The van der Waals surface area contributed by atoms with Gasteiger partial charge >= 0.3 is 23.4 Å². The van der Waals surface area contributed by atoms with Gasteiger partial charge in [0.15, 0.2) is 0 Å². The maximum Gasteiger partial charge on any atom is 0.430 e. The highest BCUT2D eigenvalue weighted by Gasteiger charge is 2.33. The Morgan fingerprint density at radius 3 is 1.35 bits per heavy atom. The van der Waals surface area contributed by atoms with Crippen molar-refractivity contribution in [3.8, 4) is 0 Å². The minimum absolute atomic E-state index is 0.273. The van der Waals surface area contributed by atoms with E-state index < -0.39 is 23.4 Å². The maximum atomic E-state index is 12.0. The highest BCUT2D eigenvalue weighted by atomic mass is 16.6. The van der Waals surface area contributed by atoms with E-state index in [-0.39, 0.29) is 11.1 Å². The molecule has 0 radical (unpaired) electrons. The molecule has 23 heavy (non-hydrogen) atoms. The van der Waals surface area contributed by atoms with Crippen LogP contribution in [0.1, 0.15) is 11.1 Å². The molecule has 0 atom stereocenters. The Bertz CT molecular complexity index is 763. The number of hydrogen-bond donors (Lipinski definition) is 0. The van der Waals surface area contributed by atoms with Crippen LogP contribution in [-0.4, -0.2) is 32.9 Å². The van der Waals surface area contributed by atoms with E-state index in [9.17, 15) is 9.59 Å². The molecular weight excluding hydrogens is 296 g/mol. The predicted octanol–water partition coefficient (Wildman–Crippen LogP) is 1.49. The number of nitrogens with zero attached hydrogens (tertiary/aromatic N) is 4. The summed E-state index contributed by atoms with van der Waals surface area (Å²) in [7, 11) is 0. The molecule has 7 nitrogen and oxygen atoms in total. The first-order valence-corrected chi connectivity index (χ1v) is 6.49. The number of hydrogen-bond acceptors (Lipinski definition) is 3. The van der Waals surface area contributed by atoms with Crippen LogP contribution in [0.2, 0.25) is 0 Å². The molecule has 0 aliphatic rings. The summed E-state index contributed by atoms with van der Waals surface area (Å²) in [5.74, 6) is -2.33. The van der Waals surface area contributed by atoms with Gasteiger partial charge in [0.05, 0.1) is 11.1 Å². The molecule has 0 saturated heterocycles. The summed E-state index contributed by atoms with van der Waals surface area (Å²) in [6.07, 6.45) is 0. The van der Waals surface area contributed by atoms with Crippen LogP contribution < -0.4 is 0 Å². The first-order valence-electron chi connectivity index (χ1n) is 6.49. The molecule has 0 saturated carbocycles. The number of esters is 2. The van der Waals surface area contributed by atoms with Crippen molar-refractivity contribution in [3.05, 3.63) is 82.9 Å². The third kappa shape index (κ3) is 3.71. The first-order chi connectivity index (χ1) is 11.2. The highest BCUT2D eigenvalue weighted by Crippen LogP contribution is 2.04. The minimum atomic E-state index is -1.17. The van der Waals surface area contributed by atoms with Gasteiger partial charge in [-0.05, 0) is 24.3 Å². The lowest BCUT2D eigenvalue weighted by atomic mass is 10.1. The van der Waals surface area contributed by atoms with Crippen molar-refractivity contribution in [2.45, 2.75) is 0 Å². The van der Waals surface area contributed by atoms with Gasteiger partial charge in [-0.1, -0.05) is 36.4 Å². The zero-order valence-corrected chi connectivity index (χ0v) is 11.8. The zero-order valence-electron chi connectivity index (χ0n) is 11.8. The van der Waals surface area contributed by atoms with Gasteiger partial charge in [0.1, 0.15) is 0 Å². The Kier molecular flexibility index (Phi) is 5.04. The van der Waals surface area contributed by atoms with E-state index in [0.717, 1.165) is 0 Å². The highest BCUT2D eigenvalue weighted by molar-refractivity contribution is 6.48. The molecule has 0 fully saturated rings. The number of carbonyl (C=O) groups is 2. The molecule has 112 valence electrons. The molecule has 0 heterocycles.